The van der Waals surface area contributed by atoms with Crippen LogP contribution in [0.25, 0.3) is 99.1 Å². The molecular formula is C43H25N3O. The maximum Gasteiger partial charge on any atom is 0.144 e. The van der Waals surface area contributed by atoms with Crippen LogP contribution in [-0.4, -0.2) is 15.0 Å². The third-order valence-corrected chi connectivity index (χ3v) is 9.27. The summed E-state index contributed by atoms with van der Waals surface area (Å²) in [5.41, 5.74) is 10.8. The predicted molar refractivity (Wildman–Crippen MR) is 193 cm³/mol. The molecule has 10 aromatic rings. The zero-order valence-corrected chi connectivity index (χ0v) is 25.2. The SMILES string of the molecule is c1cc(-c2cccc(-c3nc4ccccc4c4c3ccc3c5ccccc5oc34)c2)cc(-c2ccc3ccc4cccnc4c3n2)c1. The first kappa shape index (κ1) is 25.9. The van der Waals surface area contributed by atoms with Gasteiger partial charge in [0, 0.05) is 55.0 Å². The second-order valence-electron chi connectivity index (χ2n) is 12.0. The summed E-state index contributed by atoms with van der Waals surface area (Å²) in [5, 5.41) is 7.67. The highest BCUT2D eigenvalue weighted by atomic mass is 16.3. The van der Waals surface area contributed by atoms with E-state index >= 15 is 0 Å². The topological polar surface area (TPSA) is 51.8 Å². The maximum atomic E-state index is 6.53. The van der Waals surface area contributed by atoms with E-state index in [-0.39, 0.29) is 0 Å². The van der Waals surface area contributed by atoms with E-state index in [0.717, 1.165) is 99.1 Å². The predicted octanol–water partition coefficient (Wildman–Crippen LogP) is 11.4. The first-order chi connectivity index (χ1) is 23.3. The number of benzene rings is 6. The van der Waals surface area contributed by atoms with Crippen LogP contribution in [0.2, 0.25) is 0 Å². The van der Waals surface area contributed by atoms with E-state index in [1.165, 1.54) is 0 Å². The minimum absolute atomic E-state index is 0.893. The number of aromatic nitrogens is 3. The minimum atomic E-state index is 0.893. The molecule has 6 aromatic carbocycles. The molecule has 0 N–H and O–H groups in total. The van der Waals surface area contributed by atoms with E-state index in [9.17, 15) is 0 Å². The maximum absolute atomic E-state index is 6.53. The van der Waals surface area contributed by atoms with Crippen molar-refractivity contribution >= 4 is 65.4 Å². The van der Waals surface area contributed by atoms with Crippen molar-refractivity contribution in [2.45, 2.75) is 0 Å². The van der Waals surface area contributed by atoms with Crippen molar-refractivity contribution in [2.75, 3.05) is 0 Å². The number of pyridine rings is 3. The molecule has 0 amide bonds. The first-order valence-corrected chi connectivity index (χ1v) is 15.8. The molecule has 0 saturated carbocycles. The summed E-state index contributed by atoms with van der Waals surface area (Å²) < 4.78 is 6.53. The molecule has 0 spiro atoms. The zero-order chi connectivity index (χ0) is 30.9. The summed E-state index contributed by atoms with van der Waals surface area (Å²) in [6.07, 6.45) is 1.83. The summed E-state index contributed by atoms with van der Waals surface area (Å²) >= 11 is 0. The van der Waals surface area contributed by atoms with Gasteiger partial charge in [-0.3, -0.25) is 4.98 Å². The molecule has 4 aromatic heterocycles. The highest BCUT2D eigenvalue weighted by molar-refractivity contribution is 6.24. The quantitative estimate of drug-likeness (QED) is 0.190. The number of fused-ring (bicyclic) bond motifs is 10. The van der Waals surface area contributed by atoms with Gasteiger partial charge in [-0.1, -0.05) is 103 Å². The van der Waals surface area contributed by atoms with Crippen molar-refractivity contribution in [3.63, 3.8) is 0 Å². The molecule has 0 aliphatic carbocycles. The Balaban J connectivity index is 1.13. The van der Waals surface area contributed by atoms with Gasteiger partial charge < -0.3 is 4.42 Å². The third kappa shape index (κ3) is 4.05. The number of hydrogen-bond acceptors (Lipinski definition) is 4. The van der Waals surface area contributed by atoms with Gasteiger partial charge in [0.1, 0.15) is 11.2 Å². The molecule has 218 valence electrons. The molecular weight excluding hydrogens is 574 g/mol. The van der Waals surface area contributed by atoms with E-state index in [1.54, 1.807) is 0 Å². The average molecular weight is 600 g/mol. The van der Waals surface area contributed by atoms with Gasteiger partial charge in [-0.15, -0.1) is 0 Å². The van der Waals surface area contributed by atoms with Crippen LogP contribution < -0.4 is 0 Å². The summed E-state index contributed by atoms with van der Waals surface area (Å²) in [5.74, 6) is 0. The standard InChI is InChI=1S/C43H25N3O/c1-3-15-37-34(14-1)39-35(21-20-33-32-13-2-4-16-38(32)47-43(33)39)40(46-37)31-11-6-9-29(25-31)28-8-5-10-30(24-28)36-22-19-27-18-17-26-12-7-23-44-41(26)42(27)45-36/h1-25H. The van der Waals surface area contributed by atoms with Crippen molar-refractivity contribution in [1.29, 1.82) is 0 Å². The van der Waals surface area contributed by atoms with Crippen LogP contribution >= 0.6 is 0 Å². The highest BCUT2D eigenvalue weighted by Crippen LogP contribution is 2.41. The fraction of sp³-hybridized carbons (Fsp3) is 0. The highest BCUT2D eigenvalue weighted by Gasteiger charge is 2.17. The van der Waals surface area contributed by atoms with E-state index in [1.807, 2.05) is 30.5 Å². The van der Waals surface area contributed by atoms with Gasteiger partial charge in [-0.05, 0) is 53.6 Å². The van der Waals surface area contributed by atoms with Crippen LogP contribution in [0.4, 0.5) is 0 Å². The molecule has 0 atom stereocenters. The molecule has 0 aliphatic heterocycles. The smallest absolute Gasteiger partial charge is 0.144 e. The summed E-state index contributed by atoms with van der Waals surface area (Å²) in [6, 6.07) is 50.7. The average Bonchev–Trinajstić information content (AvgIpc) is 3.53. The lowest BCUT2D eigenvalue weighted by Gasteiger charge is -2.12. The third-order valence-electron chi connectivity index (χ3n) is 9.27. The van der Waals surface area contributed by atoms with E-state index in [2.05, 4.69) is 126 Å². The van der Waals surface area contributed by atoms with E-state index in [4.69, 9.17) is 14.4 Å². The van der Waals surface area contributed by atoms with Crippen molar-refractivity contribution in [2.24, 2.45) is 0 Å². The molecule has 4 heterocycles. The van der Waals surface area contributed by atoms with E-state index < -0.39 is 0 Å². The number of rotatable bonds is 3. The molecule has 47 heavy (non-hydrogen) atoms. The van der Waals surface area contributed by atoms with Crippen LogP contribution in [0.3, 0.4) is 0 Å². The van der Waals surface area contributed by atoms with Crippen molar-refractivity contribution in [3.8, 4) is 33.6 Å². The van der Waals surface area contributed by atoms with Crippen LogP contribution in [0.15, 0.2) is 156 Å². The Morgan fingerprint density at radius 1 is 0.447 bits per heavy atom. The molecule has 0 fully saturated rings. The Kier molecular flexibility index (Phi) is 5.54. The summed E-state index contributed by atoms with van der Waals surface area (Å²) in [6.45, 7) is 0. The van der Waals surface area contributed by atoms with Crippen LogP contribution in [-0.2, 0) is 0 Å². The Morgan fingerprint density at radius 3 is 2.04 bits per heavy atom. The van der Waals surface area contributed by atoms with Gasteiger partial charge in [0.15, 0.2) is 0 Å². The molecule has 0 unspecified atom stereocenters. The van der Waals surface area contributed by atoms with Crippen molar-refractivity contribution in [3.05, 3.63) is 152 Å². The van der Waals surface area contributed by atoms with Gasteiger partial charge in [0.05, 0.1) is 27.9 Å². The lowest BCUT2D eigenvalue weighted by Crippen LogP contribution is -1.91. The number of furan rings is 1. The molecule has 4 nitrogen and oxygen atoms in total. The Morgan fingerprint density at radius 2 is 1.15 bits per heavy atom. The fourth-order valence-electron chi connectivity index (χ4n) is 7.03. The van der Waals surface area contributed by atoms with Crippen LogP contribution in [0.1, 0.15) is 0 Å². The monoisotopic (exact) mass is 599 g/mol. The molecule has 10 rings (SSSR count). The number of hydrogen-bond donors (Lipinski definition) is 0. The van der Waals surface area contributed by atoms with Crippen LogP contribution in [0.5, 0.6) is 0 Å². The Labute approximate surface area is 269 Å². The largest absolute Gasteiger partial charge is 0.455 e. The van der Waals surface area contributed by atoms with Gasteiger partial charge in [0.25, 0.3) is 0 Å². The Hall–Kier alpha value is -6.39. The second kappa shape index (κ2) is 10.1. The van der Waals surface area contributed by atoms with Gasteiger partial charge in [0.2, 0.25) is 0 Å². The van der Waals surface area contributed by atoms with Crippen LogP contribution in [0, 0.1) is 0 Å². The van der Waals surface area contributed by atoms with Gasteiger partial charge in [-0.25, -0.2) is 9.97 Å². The van der Waals surface area contributed by atoms with Crippen molar-refractivity contribution in [1.82, 2.24) is 15.0 Å². The summed E-state index contributed by atoms with van der Waals surface area (Å²) in [7, 11) is 0. The Bertz CT molecular complexity index is 2870. The zero-order valence-electron chi connectivity index (χ0n) is 25.2. The normalized spacial score (nSPS) is 11.8. The molecule has 0 bridgehead atoms. The summed E-state index contributed by atoms with van der Waals surface area (Å²) in [4.78, 5) is 15.0. The lowest BCUT2D eigenvalue weighted by atomic mass is 9.95. The fourth-order valence-corrected chi connectivity index (χ4v) is 7.03. The number of nitrogens with zero attached hydrogens (tertiary/aromatic N) is 3. The van der Waals surface area contributed by atoms with E-state index in [0.29, 0.717) is 0 Å². The number of para-hydroxylation sites is 2. The molecule has 0 saturated heterocycles. The minimum Gasteiger partial charge on any atom is -0.455 e. The molecule has 0 radical (unpaired) electrons. The first-order valence-electron chi connectivity index (χ1n) is 15.8. The van der Waals surface area contributed by atoms with Crippen molar-refractivity contribution < 1.29 is 4.42 Å². The molecule has 4 heteroatoms. The lowest BCUT2D eigenvalue weighted by molar-refractivity contribution is 0.673. The van der Waals surface area contributed by atoms with Gasteiger partial charge >= 0.3 is 0 Å². The second-order valence-corrected chi connectivity index (χ2v) is 12.0. The van der Waals surface area contributed by atoms with Gasteiger partial charge in [-0.2, -0.15) is 0 Å². The molecule has 0 aliphatic rings.